The highest BCUT2D eigenvalue weighted by Gasteiger charge is 2.75. The van der Waals surface area contributed by atoms with E-state index in [1.807, 2.05) is 0 Å². The number of ether oxygens (including phenoxy) is 1. The van der Waals surface area contributed by atoms with Gasteiger partial charge in [0.2, 0.25) is 11.8 Å². The van der Waals surface area contributed by atoms with Crippen molar-refractivity contribution in [1.29, 1.82) is 0 Å². The largest absolute Gasteiger partial charge is 0.573 e. The number of carbonyl (C=O) groups excluding carboxylic acids is 2. The van der Waals surface area contributed by atoms with Crippen LogP contribution in [0.25, 0.3) is 0 Å². The maximum absolute atomic E-state index is 14.4. The molecule has 2 amide bonds. The van der Waals surface area contributed by atoms with Gasteiger partial charge in [0.15, 0.2) is 0 Å². The minimum Gasteiger partial charge on any atom is -0.406 e. The van der Waals surface area contributed by atoms with Crippen LogP contribution in [-0.4, -0.2) is 59.8 Å². The van der Waals surface area contributed by atoms with Crippen LogP contribution in [0, 0.1) is 17.8 Å². The summed E-state index contributed by atoms with van der Waals surface area (Å²) < 4.78 is 83.9. The molecular formula is C20H18F6N2O3. The van der Waals surface area contributed by atoms with Crippen molar-refractivity contribution in [3.8, 4) is 5.75 Å². The van der Waals surface area contributed by atoms with Crippen LogP contribution in [0.4, 0.5) is 26.3 Å². The maximum Gasteiger partial charge on any atom is 0.573 e. The molecular weight excluding hydrogens is 430 g/mol. The molecule has 3 aliphatic heterocycles. The number of hydrogen-bond acceptors (Lipinski definition) is 4. The Bertz CT molecular complexity index is 942. The van der Waals surface area contributed by atoms with Crippen LogP contribution in [-0.2, 0) is 16.0 Å². The Morgan fingerprint density at radius 2 is 1.61 bits per heavy atom. The van der Waals surface area contributed by atoms with Gasteiger partial charge in [-0.2, -0.15) is 13.2 Å². The average Bonchev–Trinajstić information content (AvgIpc) is 2.89. The van der Waals surface area contributed by atoms with Crippen LogP contribution >= 0.6 is 0 Å². The zero-order valence-corrected chi connectivity index (χ0v) is 16.4. The predicted molar refractivity (Wildman–Crippen MR) is 94.6 cm³/mol. The highest BCUT2D eigenvalue weighted by Crippen LogP contribution is 2.58. The molecule has 0 N–H and O–H groups in total. The number of likely N-dealkylation sites (N-methyl/N-ethyl adjacent to an activating group) is 1. The van der Waals surface area contributed by atoms with Gasteiger partial charge in [-0.15, -0.1) is 13.2 Å². The summed E-state index contributed by atoms with van der Waals surface area (Å²) in [4.78, 5) is 27.1. The van der Waals surface area contributed by atoms with Gasteiger partial charge in [0.05, 0.1) is 11.8 Å². The first-order chi connectivity index (χ1) is 14.3. The van der Waals surface area contributed by atoms with Crippen molar-refractivity contribution in [2.24, 2.45) is 17.8 Å². The van der Waals surface area contributed by atoms with Gasteiger partial charge >= 0.3 is 12.5 Å². The molecule has 0 spiro atoms. The number of likely N-dealkylation sites (tertiary alicyclic amines) is 1. The first-order valence-corrected chi connectivity index (χ1v) is 9.43. The summed E-state index contributed by atoms with van der Waals surface area (Å²) >= 11 is 0. The molecule has 0 aromatic heterocycles. The van der Waals surface area contributed by atoms with E-state index < -0.39 is 59.4 Å². The number of benzene rings is 1. The van der Waals surface area contributed by atoms with E-state index in [1.54, 1.807) is 0 Å². The Labute approximate surface area is 173 Å². The molecule has 4 aliphatic rings. The SMILES string of the molecule is CN1C(=O)[C@H]2[C@H]3C=C[C@@](C(F)(F)F)([C@H]2C1=O)N(C)[C@@H]3Cc1ccc(OC(F)(F)F)cc1. The molecule has 2 fully saturated rings. The van der Waals surface area contributed by atoms with Gasteiger partial charge in [-0.3, -0.25) is 19.4 Å². The van der Waals surface area contributed by atoms with Gasteiger partial charge in [0, 0.05) is 19.0 Å². The number of alkyl halides is 6. The van der Waals surface area contributed by atoms with Crippen molar-refractivity contribution in [2.75, 3.05) is 14.1 Å². The standard InChI is InChI=1S/C20H18F6N2O3/c1-27-16(29)14-12-7-8-18(19(21,22)23,15(14)17(27)30)28(2)13(12)9-10-3-5-11(6-4-10)31-20(24,25)26/h3-8,12-15H,9H2,1-2H3/t12-,13+,14-,15+,18-/m0/s1. The van der Waals surface area contributed by atoms with Crippen LogP contribution in [0.2, 0.25) is 0 Å². The summed E-state index contributed by atoms with van der Waals surface area (Å²) in [5, 5.41) is 0. The second-order valence-corrected chi connectivity index (χ2v) is 8.07. The molecule has 1 aromatic rings. The summed E-state index contributed by atoms with van der Waals surface area (Å²) in [6.45, 7) is 0. The number of nitrogens with zero attached hydrogens (tertiary/aromatic N) is 2. The molecule has 1 aliphatic carbocycles. The van der Waals surface area contributed by atoms with Gasteiger partial charge in [-0.25, -0.2) is 0 Å². The van der Waals surface area contributed by atoms with E-state index in [2.05, 4.69) is 4.74 Å². The second kappa shape index (κ2) is 6.72. The molecule has 0 unspecified atom stereocenters. The predicted octanol–water partition coefficient (Wildman–Crippen LogP) is 3.16. The number of amides is 2. The molecule has 2 bridgehead atoms. The van der Waals surface area contributed by atoms with Gasteiger partial charge in [-0.1, -0.05) is 24.3 Å². The molecule has 2 saturated heterocycles. The normalized spacial score (nSPS) is 33.2. The fraction of sp³-hybridized carbons (Fsp3) is 0.500. The third kappa shape index (κ3) is 3.12. The van der Waals surface area contributed by atoms with E-state index in [0.29, 0.717) is 5.56 Å². The summed E-state index contributed by atoms with van der Waals surface area (Å²) in [7, 11) is 2.45. The van der Waals surface area contributed by atoms with Crippen molar-refractivity contribution < 1.29 is 40.7 Å². The third-order valence-electron chi connectivity index (χ3n) is 6.61. The molecule has 5 atom stereocenters. The molecule has 5 nitrogen and oxygen atoms in total. The quantitative estimate of drug-likeness (QED) is 0.405. The number of imide groups is 1. The number of fused-ring (bicyclic) bond motifs is 1. The average molecular weight is 448 g/mol. The van der Waals surface area contributed by atoms with Gasteiger partial charge in [-0.05, 0) is 31.2 Å². The summed E-state index contributed by atoms with van der Waals surface area (Å²) in [6.07, 6.45) is -7.31. The fourth-order valence-corrected chi connectivity index (χ4v) is 5.22. The van der Waals surface area contributed by atoms with E-state index in [-0.39, 0.29) is 6.42 Å². The first kappa shape index (κ1) is 21.7. The Hall–Kier alpha value is -2.56. The van der Waals surface area contributed by atoms with Crippen molar-refractivity contribution >= 4 is 11.8 Å². The van der Waals surface area contributed by atoms with Gasteiger partial charge in [0.25, 0.3) is 0 Å². The molecule has 1 aromatic carbocycles. The van der Waals surface area contributed by atoms with E-state index in [4.69, 9.17) is 0 Å². The van der Waals surface area contributed by atoms with E-state index >= 15 is 0 Å². The maximum atomic E-state index is 14.4. The van der Waals surface area contributed by atoms with Crippen molar-refractivity contribution in [3.05, 3.63) is 42.0 Å². The highest BCUT2D eigenvalue weighted by molar-refractivity contribution is 6.06. The topological polar surface area (TPSA) is 49.9 Å². The van der Waals surface area contributed by atoms with Crippen LogP contribution in [0.5, 0.6) is 5.75 Å². The second-order valence-electron chi connectivity index (χ2n) is 8.07. The molecule has 3 heterocycles. The van der Waals surface area contributed by atoms with E-state index in [0.717, 1.165) is 28.0 Å². The Morgan fingerprint density at radius 3 is 2.16 bits per heavy atom. The van der Waals surface area contributed by atoms with Crippen molar-refractivity contribution in [3.63, 3.8) is 0 Å². The lowest BCUT2D eigenvalue weighted by Crippen LogP contribution is -2.73. The number of piperidine rings is 1. The zero-order valence-electron chi connectivity index (χ0n) is 16.4. The van der Waals surface area contributed by atoms with E-state index in [9.17, 15) is 35.9 Å². The molecule has 168 valence electrons. The number of halogens is 6. The summed E-state index contributed by atoms with van der Waals surface area (Å²) in [5.41, 5.74) is -2.15. The number of rotatable bonds is 3. The van der Waals surface area contributed by atoms with Crippen LogP contribution < -0.4 is 4.74 Å². The Kier molecular flexibility index (Phi) is 4.69. The van der Waals surface area contributed by atoms with Crippen LogP contribution in [0.15, 0.2) is 36.4 Å². The fourth-order valence-electron chi connectivity index (χ4n) is 5.22. The summed E-state index contributed by atoms with van der Waals surface area (Å²) in [6, 6.07) is 4.06. The smallest absolute Gasteiger partial charge is 0.406 e. The lowest BCUT2D eigenvalue weighted by molar-refractivity contribution is -0.274. The van der Waals surface area contributed by atoms with E-state index in [1.165, 1.54) is 32.3 Å². The Balaban J connectivity index is 1.69. The van der Waals surface area contributed by atoms with Crippen LogP contribution in [0.1, 0.15) is 5.56 Å². The number of hydrogen-bond donors (Lipinski definition) is 0. The highest BCUT2D eigenvalue weighted by atomic mass is 19.4. The lowest BCUT2D eigenvalue weighted by Gasteiger charge is -2.58. The third-order valence-corrected chi connectivity index (χ3v) is 6.61. The first-order valence-electron chi connectivity index (χ1n) is 9.43. The van der Waals surface area contributed by atoms with Gasteiger partial charge < -0.3 is 4.74 Å². The lowest BCUT2D eigenvalue weighted by atomic mass is 9.59. The van der Waals surface area contributed by atoms with Crippen molar-refractivity contribution in [2.45, 2.75) is 30.5 Å². The van der Waals surface area contributed by atoms with Gasteiger partial charge in [0.1, 0.15) is 11.3 Å². The van der Waals surface area contributed by atoms with Crippen LogP contribution in [0.3, 0.4) is 0 Å². The number of carbonyl (C=O) groups is 2. The van der Waals surface area contributed by atoms with Crippen molar-refractivity contribution in [1.82, 2.24) is 9.80 Å². The zero-order chi connectivity index (χ0) is 22.9. The molecule has 31 heavy (non-hydrogen) atoms. The minimum atomic E-state index is -4.86. The molecule has 5 rings (SSSR count). The minimum absolute atomic E-state index is 0.0457. The molecule has 11 heteroatoms. The monoisotopic (exact) mass is 448 g/mol. The Morgan fingerprint density at radius 1 is 1.00 bits per heavy atom. The molecule has 0 saturated carbocycles. The summed E-state index contributed by atoms with van der Waals surface area (Å²) in [5.74, 6) is -5.31. The molecule has 0 radical (unpaired) electrons.